The molecule has 28 heavy (non-hydrogen) atoms. The molecule has 1 N–H and O–H groups in total. The Morgan fingerprint density at radius 1 is 1.04 bits per heavy atom. The molecule has 0 bridgehead atoms. The molecule has 0 aromatic heterocycles. The van der Waals surface area contributed by atoms with E-state index in [0.717, 1.165) is 16.4 Å². The Balaban J connectivity index is 1.82. The molecule has 0 unspecified atom stereocenters. The first-order chi connectivity index (χ1) is 12.9. The van der Waals surface area contributed by atoms with Gasteiger partial charge in [-0.15, -0.1) is 0 Å². The normalized spacial score (nSPS) is 18.2. The highest BCUT2D eigenvalue weighted by Crippen LogP contribution is 2.38. The number of sulfonamides is 1. The maximum atomic E-state index is 12.9. The van der Waals surface area contributed by atoms with E-state index in [1.165, 1.54) is 30.3 Å². The van der Waals surface area contributed by atoms with Gasteiger partial charge in [0.1, 0.15) is 4.90 Å². The van der Waals surface area contributed by atoms with Gasteiger partial charge in [-0.3, -0.25) is 0 Å². The molecular weight excluding hydrogens is 438 g/mol. The predicted molar refractivity (Wildman–Crippen MR) is 99.8 cm³/mol. The molecule has 0 saturated carbocycles. The van der Waals surface area contributed by atoms with Crippen molar-refractivity contribution in [1.29, 1.82) is 0 Å². The van der Waals surface area contributed by atoms with E-state index in [-0.39, 0.29) is 41.4 Å². The number of piperidine rings is 1. The van der Waals surface area contributed by atoms with Crippen LogP contribution in [0.1, 0.15) is 24.0 Å². The van der Waals surface area contributed by atoms with Gasteiger partial charge in [-0.05, 0) is 48.7 Å². The Hall–Kier alpha value is -1.32. The van der Waals surface area contributed by atoms with Crippen molar-refractivity contribution in [2.45, 2.75) is 29.5 Å². The molecule has 3 rings (SSSR count). The SMILES string of the molecule is O=S(=O)(c1ccc(Cl)cc1Cl)N1CCC(O)(c2cccc(C(F)(F)F)c2)CC1. The van der Waals surface area contributed by atoms with E-state index >= 15 is 0 Å². The molecule has 0 atom stereocenters. The van der Waals surface area contributed by atoms with Gasteiger partial charge in [0.15, 0.2) is 0 Å². The van der Waals surface area contributed by atoms with Crippen molar-refractivity contribution in [2.24, 2.45) is 0 Å². The van der Waals surface area contributed by atoms with Gasteiger partial charge in [0, 0.05) is 18.1 Å². The van der Waals surface area contributed by atoms with Crippen LogP contribution in [0.5, 0.6) is 0 Å². The van der Waals surface area contributed by atoms with E-state index in [9.17, 15) is 26.7 Å². The molecule has 1 aliphatic heterocycles. The Morgan fingerprint density at radius 3 is 2.25 bits per heavy atom. The number of benzene rings is 2. The van der Waals surface area contributed by atoms with E-state index in [2.05, 4.69) is 0 Å². The Kier molecular flexibility index (Phi) is 5.73. The van der Waals surface area contributed by atoms with Crippen molar-refractivity contribution in [3.8, 4) is 0 Å². The predicted octanol–water partition coefficient (Wildman–Crippen LogP) is 4.68. The van der Waals surface area contributed by atoms with Crippen LogP contribution in [-0.4, -0.2) is 30.9 Å². The first kappa shape index (κ1) is 21.4. The highest BCUT2D eigenvalue weighted by atomic mass is 35.5. The molecule has 0 spiro atoms. The standard InChI is InChI=1S/C18H16Cl2F3NO3S/c19-14-4-5-16(15(20)11-14)28(26,27)24-8-6-17(25,7-9-24)12-2-1-3-13(10-12)18(21,22)23/h1-5,10-11,25H,6-9H2. The van der Waals surface area contributed by atoms with Crippen LogP contribution in [0.15, 0.2) is 47.4 Å². The van der Waals surface area contributed by atoms with E-state index < -0.39 is 27.4 Å². The van der Waals surface area contributed by atoms with E-state index in [1.807, 2.05) is 0 Å². The number of halogens is 5. The van der Waals surface area contributed by atoms with Crippen LogP contribution in [0.2, 0.25) is 10.0 Å². The van der Waals surface area contributed by atoms with Crippen molar-refractivity contribution < 1.29 is 26.7 Å². The molecule has 10 heteroatoms. The fourth-order valence-corrected chi connectivity index (χ4v) is 5.38. The molecule has 1 heterocycles. The van der Waals surface area contributed by atoms with Crippen LogP contribution >= 0.6 is 23.2 Å². The zero-order valence-electron chi connectivity index (χ0n) is 14.4. The summed E-state index contributed by atoms with van der Waals surface area (Å²) in [4.78, 5) is -0.108. The summed E-state index contributed by atoms with van der Waals surface area (Å²) >= 11 is 11.8. The quantitative estimate of drug-likeness (QED) is 0.733. The highest BCUT2D eigenvalue weighted by molar-refractivity contribution is 7.89. The third-order valence-corrected chi connectivity index (χ3v) is 7.41. The fraction of sp³-hybridized carbons (Fsp3) is 0.333. The summed E-state index contributed by atoms with van der Waals surface area (Å²) in [6.07, 6.45) is -4.61. The molecule has 1 aliphatic rings. The van der Waals surface area contributed by atoms with Crippen LogP contribution in [0.4, 0.5) is 13.2 Å². The summed E-state index contributed by atoms with van der Waals surface area (Å²) < 4.78 is 65.6. The first-order valence-corrected chi connectivity index (χ1v) is 10.5. The van der Waals surface area contributed by atoms with Crippen molar-refractivity contribution >= 4 is 33.2 Å². The second-order valence-corrected chi connectivity index (χ2v) is 9.34. The summed E-state index contributed by atoms with van der Waals surface area (Å²) in [6, 6.07) is 8.49. The van der Waals surface area contributed by atoms with Gasteiger partial charge >= 0.3 is 6.18 Å². The second kappa shape index (κ2) is 7.50. The Morgan fingerprint density at radius 2 is 1.68 bits per heavy atom. The average molecular weight is 454 g/mol. The lowest BCUT2D eigenvalue weighted by atomic mass is 9.84. The highest BCUT2D eigenvalue weighted by Gasteiger charge is 2.40. The van der Waals surface area contributed by atoms with Crippen LogP contribution in [0, 0.1) is 0 Å². The molecule has 2 aromatic carbocycles. The topological polar surface area (TPSA) is 57.6 Å². The molecular formula is C18H16Cl2F3NO3S. The third kappa shape index (κ3) is 4.16. The maximum Gasteiger partial charge on any atom is 0.416 e. The molecule has 152 valence electrons. The Bertz CT molecular complexity index is 988. The van der Waals surface area contributed by atoms with Crippen molar-refractivity contribution in [1.82, 2.24) is 4.31 Å². The first-order valence-electron chi connectivity index (χ1n) is 8.29. The summed E-state index contributed by atoms with van der Waals surface area (Å²) in [5.41, 5.74) is -2.29. The van der Waals surface area contributed by atoms with Gasteiger partial charge in [-0.25, -0.2) is 8.42 Å². The molecule has 0 amide bonds. The van der Waals surface area contributed by atoms with Crippen LogP contribution in [0.25, 0.3) is 0 Å². The maximum absolute atomic E-state index is 12.9. The number of alkyl halides is 3. The van der Waals surface area contributed by atoms with Gasteiger partial charge < -0.3 is 5.11 Å². The number of rotatable bonds is 3. The zero-order valence-corrected chi connectivity index (χ0v) is 16.7. The molecule has 2 aromatic rings. The van der Waals surface area contributed by atoms with Crippen molar-refractivity contribution in [2.75, 3.05) is 13.1 Å². The van der Waals surface area contributed by atoms with Gasteiger partial charge in [0.25, 0.3) is 0 Å². The summed E-state index contributed by atoms with van der Waals surface area (Å²) in [5.74, 6) is 0. The monoisotopic (exact) mass is 453 g/mol. The number of hydrogen-bond donors (Lipinski definition) is 1. The third-order valence-electron chi connectivity index (χ3n) is 4.79. The molecule has 0 aliphatic carbocycles. The number of hydrogen-bond acceptors (Lipinski definition) is 3. The fourth-order valence-electron chi connectivity index (χ4n) is 3.19. The summed E-state index contributed by atoms with van der Waals surface area (Å²) in [7, 11) is -3.92. The molecule has 1 saturated heterocycles. The lowest BCUT2D eigenvalue weighted by Crippen LogP contribution is -2.45. The largest absolute Gasteiger partial charge is 0.416 e. The summed E-state index contributed by atoms with van der Waals surface area (Å²) in [5, 5.41) is 11.1. The van der Waals surface area contributed by atoms with Gasteiger partial charge in [-0.1, -0.05) is 35.3 Å². The van der Waals surface area contributed by atoms with E-state index in [1.54, 1.807) is 0 Å². The molecule has 4 nitrogen and oxygen atoms in total. The lowest BCUT2D eigenvalue weighted by molar-refractivity contribution is -0.137. The Labute approximate surface area is 170 Å². The lowest BCUT2D eigenvalue weighted by Gasteiger charge is -2.38. The minimum atomic E-state index is -4.53. The van der Waals surface area contributed by atoms with Crippen LogP contribution < -0.4 is 0 Å². The van der Waals surface area contributed by atoms with Gasteiger partial charge in [0.2, 0.25) is 10.0 Å². The molecule has 0 radical (unpaired) electrons. The minimum Gasteiger partial charge on any atom is -0.385 e. The molecule has 1 fully saturated rings. The van der Waals surface area contributed by atoms with Crippen molar-refractivity contribution in [3.63, 3.8) is 0 Å². The number of nitrogens with zero attached hydrogens (tertiary/aromatic N) is 1. The number of aliphatic hydroxyl groups is 1. The van der Waals surface area contributed by atoms with Crippen LogP contribution in [-0.2, 0) is 21.8 Å². The van der Waals surface area contributed by atoms with Gasteiger partial charge in [-0.2, -0.15) is 17.5 Å². The van der Waals surface area contributed by atoms with Crippen LogP contribution in [0.3, 0.4) is 0 Å². The zero-order chi connectivity index (χ0) is 20.7. The smallest absolute Gasteiger partial charge is 0.385 e. The van der Waals surface area contributed by atoms with E-state index in [4.69, 9.17) is 23.2 Å². The minimum absolute atomic E-state index is 0.0220. The van der Waals surface area contributed by atoms with Crippen molar-refractivity contribution in [3.05, 3.63) is 63.6 Å². The average Bonchev–Trinajstić information content (AvgIpc) is 2.61. The second-order valence-electron chi connectivity index (χ2n) is 6.59. The summed E-state index contributed by atoms with van der Waals surface area (Å²) in [6.45, 7) is -0.123. The van der Waals surface area contributed by atoms with Gasteiger partial charge in [0.05, 0.1) is 16.2 Å². The van der Waals surface area contributed by atoms with E-state index in [0.29, 0.717) is 5.02 Å².